The minimum atomic E-state index is -0.814. The lowest BCUT2D eigenvalue weighted by Crippen LogP contribution is -2.03. The van der Waals surface area contributed by atoms with Crippen LogP contribution in [-0.4, -0.2) is 20.4 Å². The smallest absolute Gasteiger partial charge is 0.238 e. The van der Waals surface area contributed by atoms with Crippen molar-refractivity contribution in [3.05, 3.63) is 52.2 Å². The van der Waals surface area contributed by atoms with Gasteiger partial charge in [0.05, 0.1) is 5.56 Å². The first-order chi connectivity index (χ1) is 12.3. The van der Waals surface area contributed by atoms with E-state index in [1.165, 1.54) is 36.4 Å². The first-order valence-corrected chi connectivity index (χ1v) is 8.02. The van der Waals surface area contributed by atoms with Crippen molar-refractivity contribution in [3.63, 3.8) is 0 Å². The Hall–Kier alpha value is -3.41. The lowest BCUT2D eigenvalue weighted by molar-refractivity contribution is 0.437. The molecule has 0 bridgehead atoms. The average molecular weight is 354 g/mol. The molecular formula is C20H18O6. The van der Waals surface area contributed by atoms with E-state index < -0.39 is 16.9 Å². The topological polar surface area (TPSA) is 111 Å². The molecule has 1 heterocycles. The molecule has 0 fully saturated rings. The third-order valence-electron chi connectivity index (χ3n) is 3.93. The van der Waals surface area contributed by atoms with Crippen molar-refractivity contribution in [1.82, 2.24) is 0 Å². The molecule has 3 rings (SSSR count). The summed E-state index contributed by atoms with van der Waals surface area (Å²) in [6.45, 7) is 3.85. The Morgan fingerprint density at radius 3 is 2.27 bits per heavy atom. The zero-order valence-electron chi connectivity index (χ0n) is 14.2. The van der Waals surface area contributed by atoms with Gasteiger partial charge in [0.25, 0.3) is 0 Å². The Labute approximate surface area is 148 Å². The van der Waals surface area contributed by atoms with Crippen molar-refractivity contribution < 1.29 is 24.8 Å². The molecule has 0 unspecified atom stereocenters. The van der Waals surface area contributed by atoms with E-state index in [0.717, 1.165) is 0 Å². The number of hydrogen-bond acceptors (Lipinski definition) is 6. The van der Waals surface area contributed by atoms with Crippen LogP contribution < -0.4 is 5.43 Å². The molecule has 26 heavy (non-hydrogen) atoms. The van der Waals surface area contributed by atoms with Crippen LogP contribution in [0, 0.1) is 5.92 Å². The number of fused-ring (bicyclic) bond motifs is 1. The van der Waals surface area contributed by atoms with Gasteiger partial charge in [-0.1, -0.05) is 26.0 Å². The molecule has 2 aromatic carbocycles. The monoisotopic (exact) mass is 354 g/mol. The molecule has 0 spiro atoms. The van der Waals surface area contributed by atoms with Crippen LogP contribution in [0.15, 0.2) is 45.6 Å². The highest BCUT2D eigenvalue weighted by molar-refractivity contribution is 5.92. The highest BCUT2D eigenvalue weighted by atomic mass is 16.4. The summed E-state index contributed by atoms with van der Waals surface area (Å²) >= 11 is 0. The van der Waals surface area contributed by atoms with Gasteiger partial charge < -0.3 is 24.8 Å². The summed E-state index contributed by atoms with van der Waals surface area (Å²) < 4.78 is 5.57. The zero-order valence-corrected chi connectivity index (χ0v) is 14.2. The Kier molecular flexibility index (Phi) is 4.34. The SMILES string of the molecule is CC(C)/C=C/c1c(O)cc2oc(-c3ccc(O)cc3)c(O)c(=O)c2c1O. The number of aromatic hydroxyl groups is 4. The van der Waals surface area contributed by atoms with Crippen LogP contribution >= 0.6 is 0 Å². The molecule has 0 aliphatic heterocycles. The molecule has 3 aromatic rings. The summed E-state index contributed by atoms with van der Waals surface area (Å²) in [5, 5.41) is 40.0. The van der Waals surface area contributed by atoms with Crippen LogP contribution in [0.1, 0.15) is 19.4 Å². The fraction of sp³-hybridized carbons (Fsp3) is 0.150. The van der Waals surface area contributed by atoms with Crippen LogP contribution in [-0.2, 0) is 0 Å². The molecule has 1 aromatic heterocycles. The van der Waals surface area contributed by atoms with E-state index in [1.54, 1.807) is 6.08 Å². The van der Waals surface area contributed by atoms with E-state index in [4.69, 9.17) is 4.42 Å². The molecule has 0 aliphatic carbocycles. The van der Waals surface area contributed by atoms with Gasteiger partial charge in [-0.05, 0) is 30.2 Å². The van der Waals surface area contributed by atoms with Gasteiger partial charge in [-0.2, -0.15) is 0 Å². The molecule has 6 heteroatoms. The van der Waals surface area contributed by atoms with Crippen molar-refractivity contribution in [1.29, 1.82) is 0 Å². The average Bonchev–Trinajstić information content (AvgIpc) is 2.58. The van der Waals surface area contributed by atoms with Gasteiger partial charge in [-0.25, -0.2) is 0 Å². The molecule has 0 aliphatic rings. The predicted molar refractivity (Wildman–Crippen MR) is 98.5 cm³/mol. The third-order valence-corrected chi connectivity index (χ3v) is 3.93. The lowest BCUT2D eigenvalue weighted by atomic mass is 10.0. The van der Waals surface area contributed by atoms with Crippen molar-refractivity contribution >= 4 is 17.0 Å². The van der Waals surface area contributed by atoms with Gasteiger partial charge in [0.1, 0.15) is 28.2 Å². The standard InChI is InChI=1S/C20H18O6/c1-10(2)3-8-13-14(22)9-15-16(17(13)23)18(24)19(25)20(26-15)11-4-6-12(21)7-5-11/h3-10,21-23,25H,1-2H3/b8-3+. The number of hydrogen-bond donors (Lipinski definition) is 4. The van der Waals surface area contributed by atoms with Crippen LogP contribution in [0.3, 0.4) is 0 Å². The zero-order chi connectivity index (χ0) is 19.0. The van der Waals surface area contributed by atoms with Crippen LogP contribution in [0.25, 0.3) is 28.4 Å². The second-order valence-corrected chi connectivity index (χ2v) is 6.29. The van der Waals surface area contributed by atoms with E-state index in [0.29, 0.717) is 5.56 Å². The van der Waals surface area contributed by atoms with E-state index >= 15 is 0 Å². The number of phenolic OH excluding ortho intramolecular Hbond substituents is 3. The summed E-state index contributed by atoms with van der Waals surface area (Å²) in [6.07, 6.45) is 3.27. The molecule has 0 radical (unpaired) electrons. The molecule has 0 saturated heterocycles. The van der Waals surface area contributed by atoms with Crippen molar-refractivity contribution in [2.24, 2.45) is 5.92 Å². The highest BCUT2D eigenvalue weighted by Crippen LogP contribution is 2.39. The number of phenols is 3. The van der Waals surface area contributed by atoms with E-state index in [9.17, 15) is 25.2 Å². The Balaban J connectivity index is 2.29. The summed E-state index contributed by atoms with van der Waals surface area (Å²) in [4.78, 5) is 12.6. The molecule has 0 amide bonds. The quantitative estimate of drug-likeness (QED) is 0.567. The van der Waals surface area contributed by atoms with Gasteiger partial charge >= 0.3 is 0 Å². The van der Waals surface area contributed by atoms with Gasteiger partial charge in [0, 0.05) is 11.6 Å². The Morgan fingerprint density at radius 1 is 1.00 bits per heavy atom. The molecule has 134 valence electrons. The van der Waals surface area contributed by atoms with E-state index in [-0.39, 0.29) is 39.7 Å². The minimum Gasteiger partial charge on any atom is -0.508 e. The van der Waals surface area contributed by atoms with E-state index in [1.807, 2.05) is 13.8 Å². The largest absolute Gasteiger partial charge is 0.508 e. The van der Waals surface area contributed by atoms with E-state index in [2.05, 4.69) is 0 Å². The summed E-state index contributed by atoms with van der Waals surface area (Å²) in [6, 6.07) is 6.93. The fourth-order valence-electron chi connectivity index (χ4n) is 2.59. The van der Waals surface area contributed by atoms with Gasteiger partial charge in [0.15, 0.2) is 5.76 Å². The maximum atomic E-state index is 12.6. The minimum absolute atomic E-state index is 0.0215. The maximum Gasteiger partial charge on any atom is 0.238 e. The second kappa shape index (κ2) is 6.48. The lowest BCUT2D eigenvalue weighted by Gasteiger charge is -2.10. The highest BCUT2D eigenvalue weighted by Gasteiger charge is 2.21. The first-order valence-electron chi connectivity index (χ1n) is 8.02. The predicted octanol–water partition coefficient (Wildman–Crippen LogP) is 3.95. The fourth-order valence-corrected chi connectivity index (χ4v) is 2.59. The molecule has 0 atom stereocenters. The van der Waals surface area contributed by atoms with Gasteiger partial charge in [-0.15, -0.1) is 0 Å². The molecular weight excluding hydrogens is 336 g/mol. The number of rotatable bonds is 3. The molecule has 6 nitrogen and oxygen atoms in total. The van der Waals surface area contributed by atoms with Crippen LogP contribution in [0.2, 0.25) is 0 Å². The Morgan fingerprint density at radius 2 is 1.65 bits per heavy atom. The summed E-state index contributed by atoms with van der Waals surface area (Å²) in [5.41, 5.74) is -0.434. The van der Waals surface area contributed by atoms with Gasteiger partial charge in [-0.3, -0.25) is 4.79 Å². The van der Waals surface area contributed by atoms with Crippen molar-refractivity contribution in [3.8, 4) is 34.3 Å². The molecule has 0 saturated carbocycles. The van der Waals surface area contributed by atoms with Crippen LogP contribution in [0.4, 0.5) is 0 Å². The Bertz CT molecular complexity index is 1060. The van der Waals surface area contributed by atoms with Crippen molar-refractivity contribution in [2.45, 2.75) is 13.8 Å². The van der Waals surface area contributed by atoms with Crippen molar-refractivity contribution in [2.75, 3.05) is 0 Å². The maximum absolute atomic E-state index is 12.6. The number of allylic oxidation sites excluding steroid dienone is 1. The normalized spacial score (nSPS) is 11.7. The molecule has 4 N–H and O–H groups in total. The number of benzene rings is 2. The third kappa shape index (κ3) is 2.97. The summed E-state index contributed by atoms with van der Waals surface area (Å²) in [7, 11) is 0. The summed E-state index contributed by atoms with van der Waals surface area (Å²) in [5.74, 6) is -1.30. The second-order valence-electron chi connectivity index (χ2n) is 6.29. The van der Waals surface area contributed by atoms with Crippen LogP contribution in [0.5, 0.6) is 23.0 Å². The van der Waals surface area contributed by atoms with Gasteiger partial charge in [0.2, 0.25) is 11.2 Å². The first kappa shape index (κ1) is 17.4.